The SMILES string of the molecule is CC(C)(C)NS(=O)(=O)c1ccc(CCC(=O)NC2CCCCCCC2)cc1. The van der Waals surface area contributed by atoms with E-state index in [0.717, 1.165) is 18.4 Å². The number of rotatable bonds is 6. The van der Waals surface area contributed by atoms with Crippen molar-refractivity contribution in [3.8, 4) is 0 Å². The van der Waals surface area contributed by atoms with Crippen molar-refractivity contribution in [2.24, 2.45) is 0 Å². The molecular formula is C21H34N2O3S. The van der Waals surface area contributed by atoms with Gasteiger partial charge in [-0.05, 0) is 57.7 Å². The lowest BCUT2D eigenvalue weighted by Gasteiger charge is -2.21. The van der Waals surface area contributed by atoms with Gasteiger partial charge in [-0.15, -0.1) is 0 Å². The van der Waals surface area contributed by atoms with Gasteiger partial charge in [-0.1, -0.05) is 44.2 Å². The van der Waals surface area contributed by atoms with E-state index in [0.29, 0.717) is 18.9 Å². The molecule has 1 saturated carbocycles. The Kier molecular flexibility index (Phi) is 7.86. The first-order valence-corrected chi connectivity index (χ1v) is 11.6. The predicted octanol–water partition coefficient (Wildman–Crippen LogP) is 3.93. The summed E-state index contributed by atoms with van der Waals surface area (Å²) in [4.78, 5) is 12.5. The van der Waals surface area contributed by atoms with Crippen molar-refractivity contribution in [2.45, 2.75) is 95.0 Å². The number of hydrogen-bond donors (Lipinski definition) is 2. The van der Waals surface area contributed by atoms with E-state index in [9.17, 15) is 13.2 Å². The highest BCUT2D eigenvalue weighted by Crippen LogP contribution is 2.18. The Labute approximate surface area is 164 Å². The van der Waals surface area contributed by atoms with E-state index < -0.39 is 15.6 Å². The summed E-state index contributed by atoms with van der Waals surface area (Å²) in [5, 5.41) is 3.17. The van der Waals surface area contributed by atoms with E-state index in [-0.39, 0.29) is 10.8 Å². The van der Waals surface area contributed by atoms with Gasteiger partial charge in [0.1, 0.15) is 0 Å². The molecule has 0 bridgehead atoms. The number of carbonyl (C=O) groups excluding carboxylic acids is 1. The molecule has 5 nitrogen and oxygen atoms in total. The molecule has 1 aliphatic carbocycles. The summed E-state index contributed by atoms with van der Waals surface area (Å²) in [6.45, 7) is 5.44. The Morgan fingerprint density at radius 3 is 2.11 bits per heavy atom. The Hall–Kier alpha value is -1.40. The summed E-state index contributed by atoms with van der Waals surface area (Å²) in [5.74, 6) is 0.0895. The fourth-order valence-corrected chi connectivity index (χ4v) is 4.87. The van der Waals surface area contributed by atoms with Gasteiger partial charge in [-0.2, -0.15) is 0 Å². The first-order chi connectivity index (χ1) is 12.7. The van der Waals surface area contributed by atoms with Crippen molar-refractivity contribution >= 4 is 15.9 Å². The largest absolute Gasteiger partial charge is 0.353 e. The lowest BCUT2D eigenvalue weighted by molar-refractivity contribution is -0.121. The van der Waals surface area contributed by atoms with Crippen LogP contribution in [0.4, 0.5) is 0 Å². The Morgan fingerprint density at radius 1 is 1.00 bits per heavy atom. The van der Waals surface area contributed by atoms with Crippen molar-refractivity contribution < 1.29 is 13.2 Å². The van der Waals surface area contributed by atoms with Crippen LogP contribution in [-0.4, -0.2) is 25.9 Å². The molecule has 0 heterocycles. The number of sulfonamides is 1. The van der Waals surface area contributed by atoms with Gasteiger partial charge in [0.15, 0.2) is 0 Å². The summed E-state index contributed by atoms with van der Waals surface area (Å²) in [5.41, 5.74) is 0.449. The highest BCUT2D eigenvalue weighted by molar-refractivity contribution is 7.89. The monoisotopic (exact) mass is 394 g/mol. The third kappa shape index (κ3) is 8.01. The van der Waals surface area contributed by atoms with Crippen LogP contribution in [0.1, 0.15) is 77.7 Å². The summed E-state index contributed by atoms with van der Waals surface area (Å²) in [6.07, 6.45) is 9.47. The molecule has 1 aromatic carbocycles. The molecule has 0 aromatic heterocycles. The maximum Gasteiger partial charge on any atom is 0.241 e. The summed E-state index contributed by atoms with van der Waals surface area (Å²) >= 11 is 0. The minimum Gasteiger partial charge on any atom is -0.353 e. The zero-order valence-corrected chi connectivity index (χ0v) is 17.7. The van der Waals surface area contributed by atoms with Crippen LogP contribution >= 0.6 is 0 Å². The molecular weight excluding hydrogens is 360 g/mol. The van der Waals surface area contributed by atoms with Crippen LogP contribution < -0.4 is 10.0 Å². The number of nitrogens with one attached hydrogen (secondary N) is 2. The maximum absolute atomic E-state index is 12.3. The highest BCUT2D eigenvalue weighted by atomic mass is 32.2. The van der Waals surface area contributed by atoms with Gasteiger partial charge in [0.25, 0.3) is 0 Å². The van der Waals surface area contributed by atoms with Crippen molar-refractivity contribution in [3.63, 3.8) is 0 Å². The third-order valence-corrected chi connectivity index (χ3v) is 6.56. The van der Waals surface area contributed by atoms with Crippen LogP contribution in [-0.2, 0) is 21.2 Å². The lowest BCUT2D eigenvalue weighted by atomic mass is 9.96. The minimum absolute atomic E-state index is 0.0895. The Morgan fingerprint density at radius 2 is 1.56 bits per heavy atom. The molecule has 1 amide bonds. The zero-order chi connectivity index (χ0) is 19.9. The second-order valence-electron chi connectivity index (χ2n) is 8.61. The second-order valence-corrected chi connectivity index (χ2v) is 10.3. The lowest BCUT2D eigenvalue weighted by Crippen LogP contribution is -2.40. The smallest absolute Gasteiger partial charge is 0.241 e. The summed E-state index contributed by atoms with van der Waals surface area (Å²) < 4.78 is 27.3. The molecule has 0 radical (unpaired) electrons. The Balaban J connectivity index is 1.84. The first kappa shape index (κ1) is 21.9. The molecule has 1 aromatic rings. The molecule has 0 unspecified atom stereocenters. The minimum atomic E-state index is -3.52. The molecule has 27 heavy (non-hydrogen) atoms. The Bertz CT molecular complexity index is 698. The summed E-state index contributed by atoms with van der Waals surface area (Å²) in [6, 6.07) is 7.11. The maximum atomic E-state index is 12.3. The molecule has 1 aliphatic rings. The third-order valence-electron chi connectivity index (χ3n) is 4.79. The van der Waals surface area contributed by atoms with Crippen LogP contribution in [0.2, 0.25) is 0 Å². The van der Waals surface area contributed by atoms with Crippen LogP contribution in [0.3, 0.4) is 0 Å². The number of carbonyl (C=O) groups is 1. The molecule has 0 atom stereocenters. The molecule has 0 aliphatic heterocycles. The predicted molar refractivity (Wildman–Crippen MR) is 109 cm³/mol. The molecule has 1 fully saturated rings. The fraction of sp³-hybridized carbons (Fsp3) is 0.667. The second kappa shape index (κ2) is 9.69. The average Bonchev–Trinajstić information content (AvgIpc) is 2.53. The van der Waals surface area contributed by atoms with Gasteiger partial charge in [-0.3, -0.25) is 4.79 Å². The van der Waals surface area contributed by atoms with E-state index in [4.69, 9.17) is 0 Å². The molecule has 0 spiro atoms. The van der Waals surface area contributed by atoms with Crippen LogP contribution in [0.5, 0.6) is 0 Å². The summed E-state index contributed by atoms with van der Waals surface area (Å²) in [7, 11) is -3.52. The normalized spacial score (nSPS) is 17.1. The fourth-order valence-electron chi connectivity index (χ4n) is 3.46. The van der Waals surface area contributed by atoms with E-state index >= 15 is 0 Å². The molecule has 0 saturated heterocycles. The van der Waals surface area contributed by atoms with Crippen LogP contribution in [0, 0.1) is 0 Å². The quantitative estimate of drug-likeness (QED) is 0.768. The van der Waals surface area contributed by atoms with Crippen LogP contribution in [0.15, 0.2) is 29.2 Å². The number of amides is 1. The number of benzene rings is 1. The van der Waals surface area contributed by atoms with Gasteiger partial charge < -0.3 is 5.32 Å². The zero-order valence-electron chi connectivity index (χ0n) is 16.9. The average molecular weight is 395 g/mol. The van der Waals surface area contributed by atoms with Crippen molar-refractivity contribution in [1.82, 2.24) is 10.0 Å². The van der Waals surface area contributed by atoms with Crippen molar-refractivity contribution in [2.75, 3.05) is 0 Å². The van der Waals surface area contributed by atoms with E-state index in [1.54, 1.807) is 24.3 Å². The first-order valence-electron chi connectivity index (χ1n) is 10.1. The highest BCUT2D eigenvalue weighted by Gasteiger charge is 2.21. The van der Waals surface area contributed by atoms with Gasteiger partial charge >= 0.3 is 0 Å². The molecule has 152 valence electrons. The van der Waals surface area contributed by atoms with E-state index in [1.165, 1.54) is 32.1 Å². The van der Waals surface area contributed by atoms with Gasteiger partial charge in [0, 0.05) is 18.0 Å². The van der Waals surface area contributed by atoms with E-state index in [1.807, 2.05) is 20.8 Å². The van der Waals surface area contributed by atoms with Crippen molar-refractivity contribution in [1.29, 1.82) is 0 Å². The van der Waals surface area contributed by atoms with E-state index in [2.05, 4.69) is 10.0 Å². The van der Waals surface area contributed by atoms with Crippen LogP contribution in [0.25, 0.3) is 0 Å². The molecule has 2 rings (SSSR count). The van der Waals surface area contributed by atoms with Gasteiger partial charge in [0.05, 0.1) is 4.90 Å². The van der Waals surface area contributed by atoms with Gasteiger partial charge in [0.2, 0.25) is 15.9 Å². The van der Waals surface area contributed by atoms with Crippen molar-refractivity contribution in [3.05, 3.63) is 29.8 Å². The molecule has 2 N–H and O–H groups in total. The van der Waals surface area contributed by atoms with Gasteiger partial charge in [-0.25, -0.2) is 13.1 Å². The number of hydrogen-bond acceptors (Lipinski definition) is 3. The standard InChI is InChI=1S/C21H34N2O3S/c1-21(2,3)23-27(25,26)19-14-11-17(12-15-19)13-16-20(24)22-18-9-7-5-4-6-8-10-18/h11-12,14-15,18,23H,4-10,13,16H2,1-3H3,(H,22,24). The molecule has 6 heteroatoms. The number of aryl methyl sites for hydroxylation is 1. The topological polar surface area (TPSA) is 75.3 Å².